The van der Waals surface area contributed by atoms with Gasteiger partial charge in [-0.05, 0) is 39.9 Å². The first-order valence-corrected chi connectivity index (χ1v) is 11.5. The fourth-order valence-electron chi connectivity index (χ4n) is 2.79. The summed E-state index contributed by atoms with van der Waals surface area (Å²) in [4.78, 5) is 30.2. The molecule has 29 heavy (non-hydrogen) atoms. The second-order valence-electron chi connectivity index (χ2n) is 7.63. The Hall–Kier alpha value is -1.91. The summed E-state index contributed by atoms with van der Waals surface area (Å²) in [6, 6.07) is 0. The number of carbonyl (C=O) groups excluding carboxylic acids is 1. The lowest BCUT2D eigenvalue weighted by atomic mass is 9.99. The Balaban J connectivity index is 1.44. The summed E-state index contributed by atoms with van der Waals surface area (Å²) in [7, 11) is 0. The van der Waals surface area contributed by atoms with Crippen molar-refractivity contribution in [1.82, 2.24) is 20.0 Å². The molecule has 1 fully saturated rings. The molecule has 0 atom stereocenters. The molecule has 3 heterocycles. The molecular formula is C19H26N4O4S2. The third kappa shape index (κ3) is 6.83. The molecule has 1 aliphatic rings. The molecule has 2 aromatic heterocycles. The highest BCUT2D eigenvalue weighted by molar-refractivity contribution is 7.98. The summed E-state index contributed by atoms with van der Waals surface area (Å²) in [5.41, 5.74) is 0.337. The van der Waals surface area contributed by atoms with E-state index in [0.717, 1.165) is 28.7 Å². The van der Waals surface area contributed by atoms with E-state index in [0.29, 0.717) is 31.4 Å². The Labute approximate surface area is 179 Å². The smallest absolute Gasteiger partial charge is 0.484 e. The standard InChI is InChI=1S/C19H26N4O4S2/c1-19(2,3)26-18(24)27-23-7-5-13(6-8-23)16-22-14(12-29-16)11-25-15-9-20-17(28-4)21-10-15/h9-10,12-13H,5-8,11H2,1-4H3. The van der Waals surface area contributed by atoms with Crippen LogP contribution in [0.15, 0.2) is 22.9 Å². The summed E-state index contributed by atoms with van der Waals surface area (Å²) in [5, 5.41) is 5.50. The van der Waals surface area contributed by atoms with E-state index in [9.17, 15) is 4.79 Å². The number of hydrogen-bond donors (Lipinski definition) is 0. The van der Waals surface area contributed by atoms with Crippen LogP contribution in [-0.4, -0.2) is 51.1 Å². The first kappa shape index (κ1) is 21.8. The van der Waals surface area contributed by atoms with Crippen LogP contribution in [0.2, 0.25) is 0 Å². The van der Waals surface area contributed by atoms with Crippen molar-refractivity contribution >= 4 is 29.3 Å². The number of nitrogens with zero attached hydrogens (tertiary/aromatic N) is 4. The molecule has 0 aliphatic carbocycles. The average molecular weight is 439 g/mol. The van der Waals surface area contributed by atoms with Gasteiger partial charge in [0.05, 0.1) is 23.1 Å². The van der Waals surface area contributed by atoms with Crippen molar-refractivity contribution in [2.45, 2.75) is 56.9 Å². The predicted molar refractivity (Wildman–Crippen MR) is 111 cm³/mol. The molecule has 0 N–H and O–H groups in total. The largest absolute Gasteiger partial charge is 0.528 e. The molecule has 0 amide bonds. The number of piperidine rings is 1. The Morgan fingerprint density at radius 3 is 2.59 bits per heavy atom. The van der Waals surface area contributed by atoms with E-state index in [2.05, 4.69) is 9.97 Å². The summed E-state index contributed by atoms with van der Waals surface area (Å²) < 4.78 is 10.9. The molecule has 158 valence electrons. The quantitative estimate of drug-likeness (QED) is 0.372. The lowest BCUT2D eigenvalue weighted by Gasteiger charge is -2.30. The molecule has 0 spiro atoms. The van der Waals surface area contributed by atoms with Crippen molar-refractivity contribution in [1.29, 1.82) is 0 Å². The van der Waals surface area contributed by atoms with Crippen LogP contribution in [0.1, 0.15) is 50.2 Å². The van der Waals surface area contributed by atoms with Crippen molar-refractivity contribution in [3.63, 3.8) is 0 Å². The van der Waals surface area contributed by atoms with E-state index in [1.165, 1.54) is 11.8 Å². The van der Waals surface area contributed by atoms with Gasteiger partial charge in [0.1, 0.15) is 12.2 Å². The highest BCUT2D eigenvalue weighted by atomic mass is 32.2. The van der Waals surface area contributed by atoms with Crippen LogP contribution in [-0.2, 0) is 16.2 Å². The van der Waals surface area contributed by atoms with E-state index in [1.807, 2.05) is 32.4 Å². The van der Waals surface area contributed by atoms with Crippen LogP contribution in [0.3, 0.4) is 0 Å². The molecule has 8 nitrogen and oxygen atoms in total. The summed E-state index contributed by atoms with van der Waals surface area (Å²) in [6.45, 7) is 7.16. The second-order valence-corrected chi connectivity index (χ2v) is 9.29. The van der Waals surface area contributed by atoms with E-state index < -0.39 is 11.8 Å². The zero-order valence-electron chi connectivity index (χ0n) is 17.1. The molecule has 0 unspecified atom stereocenters. The second kappa shape index (κ2) is 9.73. The molecule has 0 saturated carbocycles. The summed E-state index contributed by atoms with van der Waals surface area (Å²) in [6.07, 6.45) is 6.38. The first-order valence-electron chi connectivity index (χ1n) is 9.41. The highest BCUT2D eigenvalue weighted by Gasteiger charge is 2.27. The van der Waals surface area contributed by atoms with Crippen molar-refractivity contribution in [3.8, 4) is 5.75 Å². The fraction of sp³-hybridized carbons (Fsp3) is 0.579. The minimum absolute atomic E-state index is 0.358. The fourth-order valence-corrected chi connectivity index (χ4v) is 4.08. The number of aromatic nitrogens is 3. The van der Waals surface area contributed by atoms with Crippen LogP contribution in [0.5, 0.6) is 5.75 Å². The minimum atomic E-state index is -0.654. The molecular weight excluding hydrogens is 412 g/mol. The normalized spacial score (nSPS) is 15.9. The molecule has 2 aromatic rings. The van der Waals surface area contributed by atoms with Crippen LogP contribution in [0, 0.1) is 0 Å². The zero-order chi connectivity index (χ0) is 20.9. The number of hydroxylamine groups is 2. The highest BCUT2D eigenvalue weighted by Crippen LogP contribution is 2.31. The molecule has 1 saturated heterocycles. The van der Waals surface area contributed by atoms with E-state index >= 15 is 0 Å². The maximum atomic E-state index is 11.8. The molecule has 0 aromatic carbocycles. The maximum absolute atomic E-state index is 11.8. The van der Waals surface area contributed by atoms with E-state index in [1.54, 1.807) is 28.8 Å². The van der Waals surface area contributed by atoms with Crippen LogP contribution >= 0.6 is 23.1 Å². The van der Waals surface area contributed by atoms with Crippen LogP contribution in [0.4, 0.5) is 4.79 Å². The Bertz CT molecular complexity index is 799. The summed E-state index contributed by atoms with van der Waals surface area (Å²) in [5.74, 6) is 0.987. The molecule has 0 bridgehead atoms. The van der Waals surface area contributed by atoms with Crippen molar-refractivity contribution in [2.75, 3.05) is 19.3 Å². The molecule has 1 aliphatic heterocycles. The van der Waals surface area contributed by atoms with Gasteiger partial charge in [0.15, 0.2) is 10.9 Å². The topological polar surface area (TPSA) is 86.7 Å². The van der Waals surface area contributed by atoms with E-state index in [-0.39, 0.29) is 0 Å². The lowest BCUT2D eigenvalue weighted by molar-refractivity contribution is -0.152. The lowest BCUT2D eigenvalue weighted by Crippen LogP contribution is -2.37. The maximum Gasteiger partial charge on any atom is 0.528 e. The number of rotatable bonds is 6. The molecule has 0 radical (unpaired) electrons. The third-order valence-electron chi connectivity index (χ3n) is 4.14. The molecule has 3 rings (SSSR count). The van der Waals surface area contributed by atoms with Gasteiger partial charge in [0.25, 0.3) is 0 Å². The molecule has 10 heteroatoms. The van der Waals surface area contributed by atoms with Gasteiger partial charge in [-0.2, -0.15) is 0 Å². The number of thioether (sulfide) groups is 1. The van der Waals surface area contributed by atoms with Gasteiger partial charge in [-0.1, -0.05) is 11.8 Å². The Morgan fingerprint density at radius 1 is 1.28 bits per heavy atom. The number of thiazole rings is 1. The van der Waals surface area contributed by atoms with Gasteiger partial charge in [0, 0.05) is 24.4 Å². The van der Waals surface area contributed by atoms with Crippen molar-refractivity contribution in [2.24, 2.45) is 0 Å². The number of carbonyl (C=O) groups is 1. The SMILES string of the molecule is CSc1ncc(OCc2csc(C3CCN(OC(=O)OC(C)(C)C)CC3)n2)cn1. The number of ether oxygens (including phenoxy) is 2. The monoisotopic (exact) mass is 438 g/mol. The van der Waals surface area contributed by atoms with Gasteiger partial charge in [-0.25, -0.2) is 19.7 Å². The van der Waals surface area contributed by atoms with Gasteiger partial charge in [-0.15, -0.1) is 16.4 Å². The van der Waals surface area contributed by atoms with Crippen molar-refractivity contribution in [3.05, 3.63) is 28.5 Å². The Morgan fingerprint density at radius 2 is 1.97 bits per heavy atom. The number of hydrogen-bond acceptors (Lipinski definition) is 10. The van der Waals surface area contributed by atoms with Gasteiger partial charge in [-0.3, -0.25) is 0 Å². The van der Waals surface area contributed by atoms with Gasteiger partial charge in [0.2, 0.25) is 0 Å². The zero-order valence-corrected chi connectivity index (χ0v) is 18.7. The Kier molecular flexibility index (Phi) is 7.31. The summed E-state index contributed by atoms with van der Waals surface area (Å²) >= 11 is 3.13. The average Bonchev–Trinajstić information content (AvgIpc) is 3.15. The van der Waals surface area contributed by atoms with E-state index in [4.69, 9.17) is 19.3 Å². The minimum Gasteiger partial charge on any atom is -0.484 e. The van der Waals surface area contributed by atoms with Gasteiger partial charge >= 0.3 is 6.16 Å². The van der Waals surface area contributed by atoms with Crippen LogP contribution in [0.25, 0.3) is 0 Å². The van der Waals surface area contributed by atoms with Crippen molar-refractivity contribution < 1.29 is 19.1 Å². The predicted octanol–water partition coefficient (Wildman–Crippen LogP) is 4.28. The van der Waals surface area contributed by atoms with Crippen LogP contribution < -0.4 is 4.74 Å². The third-order valence-corrected chi connectivity index (χ3v) is 5.77. The first-order chi connectivity index (χ1) is 13.8. The van der Waals surface area contributed by atoms with Gasteiger partial charge < -0.3 is 14.3 Å².